The molecule has 7 nitrogen and oxygen atoms in total. The van der Waals surface area contributed by atoms with Gasteiger partial charge in [-0.15, -0.1) is 12.4 Å². The highest BCUT2D eigenvalue weighted by atomic mass is 35.5. The predicted octanol–water partition coefficient (Wildman–Crippen LogP) is 3.58. The lowest BCUT2D eigenvalue weighted by molar-refractivity contribution is -0.126. The quantitative estimate of drug-likeness (QED) is 0.647. The molecule has 0 bridgehead atoms. The summed E-state index contributed by atoms with van der Waals surface area (Å²) in [7, 11) is 2.08. The molecule has 30 heavy (non-hydrogen) atoms. The second-order valence-corrected chi connectivity index (χ2v) is 8.00. The number of halogens is 3. The molecule has 2 heterocycles. The summed E-state index contributed by atoms with van der Waals surface area (Å²) in [6.07, 6.45) is 0. The molecule has 2 aliphatic heterocycles. The number of carbonyl (C=O) groups is 1. The summed E-state index contributed by atoms with van der Waals surface area (Å²) >= 11 is 12.1. The number of fused-ring (bicyclic) bond motifs is 1. The van der Waals surface area contributed by atoms with Crippen LogP contribution in [0.3, 0.4) is 0 Å². The lowest BCUT2D eigenvalue weighted by Crippen LogP contribution is -2.50. The van der Waals surface area contributed by atoms with Gasteiger partial charge in [0, 0.05) is 36.2 Å². The Labute approximate surface area is 191 Å². The van der Waals surface area contributed by atoms with E-state index in [1.54, 1.807) is 18.2 Å². The predicted molar refractivity (Wildman–Crippen MR) is 120 cm³/mol. The average Bonchev–Trinajstić information content (AvgIpc) is 3.15. The number of nitrogens with one attached hydrogen (secondary N) is 2. The van der Waals surface area contributed by atoms with Crippen LogP contribution in [0.5, 0.6) is 11.5 Å². The fourth-order valence-electron chi connectivity index (χ4n) is 3.52. The van der Waals surface area contributed by atoms with E-state index in [0.717, 1.165) is 31.7 Å². The molecule has 0 radical (unpaired) electrons. The number of piperazine rings is 1. The molecule has 162 valence electrons. The topological polar surface area (TPSA) is 66.1 Å². The van der Waals surface area contributed by atoms with Crippen LogP contribution in [-0.2, 0) is 4.79 Å². The van der Waals surface area contributed by atoms with Gasteiger partial charge in [0.25, 0.3) is 5.91 Å². The van der Waals surface area contributed by atoms with Gasteiger partial charge in [-0.25, -0.2) is 0 Å². The van der Waals surface area contributed by atoms with Crippen molar-refractivity contribution in [3.63, 3.8) is 0 Å². The Morgan fingerprint density at radius 2 is 1.67 bits per heavy atom. The summed E-state index contributed by atoms with van der Waals surface area (Å²) in [4.78, 5) is 17.6. The van der Waals surface area contributed by atoms with Crippen LogP contribution >= 0.6 is 35.6 Å². The van der Waals surface area contributed by atoms with E-state index in [9.17, 15) is 4.79 Å². The zero-order valence-electron chi connectivity index (χ0n) is 16.4. The van der Waals surface area contributed by atoms with E-state index < -0.39 is 6.04 Å². The fourth-order valence-corrected chi connectivity index (χ4v) is 4.05. The first-order valence-corrected chi connectivity index (χ1v) is 10.1. The standard InChI is InChI=1S/C20H22Cl2N4O3.ClH/c1-25-4-6-26(7-5-25)19(13-2-3-17-18(8-13)29-12-28-17)20(27)24-23-16-10-14(21)9-15(22)11-16;/h2-3,8-11,19,23H,4-7,12H2,1H3,(H,24,27);1H. The molecule has 1 atom stereocenters. The maximum absolute atomic E-state index is 13.2. The summed E-state index contributed by atoms with van der Waals surface area (Å²) in [5.74, 6) is 1.17. The van der Waals surface area contributed by atoms with Crippen LogP contribution in [0.1, 0.15) is 11.6 Å². The van der Waals surface area contributed by atoms with Crippen LogP contribution in [0.2, 0.25) is 10.0 Å². The van der Waals surface area contributed by atoms with E-state index in [0.29, 0.717) is 27.2 Å². The number of anilines is 1. The summed E-state index contributed by atoms with van der Waals surface area (Å²) in [5, 5.41) is 0.973. The van der Waals surface area contributed by atoms with Crippen molar-refractivity contribution < 1.29 is 14.3 Å². The van der Waals surface area contributed by atoms with Crippen molar-refractivity contribution in [3.8, 4) is 11.5 Å². The van der Waals surface area contributed by atoms with Crippen molar-refractivity contribution in [1.82, 2.24) is 15.2 Å². The number of benzene rings is 2. The molecule has 1 unspecified atom stereocenters. The molecule has 0 aliphatic carbocycles. The first kappa shape index (κ1) is 22.8. The van der Waals surface area contributed by atoms with Crippen molar-refractivity contribution in [2.45, 2.75) is 6.04 Å². The molecule has 1 amide bonds. The highest BCUT2D eigenvalue weighted by Crippen LogP contribution is 2.36. The van der Waals surface area contributed by atoms with Crippen molar-refractivity contribution in [3.05, 3.63) is 52.0 Å². The highest BCUT2D eigenvalue weighted by Gasteiger charge is 2.31. The molecule has 2 aliphatic rings. The number of hydrazine groups is 1. The normalized spacial score (nSPS) is 17.2. The van der Waals surface area contributed by atoms with Crippen LogP contribution in [-0.4, -0.2) is 55.7 Å². The molecule has 1 saturated heterocycles. The molecule has 0 aromatic heterocycles. The van der Waals surface area contributed by atoms with Gasteiger partial charge in [-0.1, -0.05) is 29.3 Å². The van der Waals surface area contributed by atoms with Crippen LogP contribution in [0.4, 0.5) is 5.69 Å². The van der Waals surface area contributed by atoms with Gasteiger partial charge in [-0.05, 0) is 42.9 Å². The second-order valence-electron chi connectivity index (χ2n) is 7.13. The minimum Gasteiger partial charge on any atom is -0.454 e. The monoisotopic (exact) mass is 472 g/mol. The van der Waals surface area contributed by atoms with Crippen molar-refractivity contribution >= 4 is 47.2 Å². The maximum Gasteiger partial charge on any atom is 0.260 e. The van der Waals surface area contributed by atoms with E-state index in [4.69, 9.17) is 32.7 Å². The number of hydrogen-bond donors (Lipinski definition) is 2. The minimum atomic E-state index is -0.472. The molecule has 2 aromatic rings. The van der Waals surface area contributed by atoms with Gasteiger partial charge < -0.3 is 14.4 Å². The summed E-state index contributed by atoms with van der Waals surface area (Å²) in [6, 6.07) is 10.2. The van der Waals surface area contributed by atoms with E-state index in [1.165, 1.54) is 0 Å². The highest BCUT2D eigenvalue weighted by molar-refractivity contribution is 6.35. The van der Waals surface area contributed by atoms with Crippen molar-refractivity contribution in [1.29, 1.82) is 0 Å². The third kappa shape index (κ3) is 5.22. The summed E-state index contributed by atoms with van der Waals surface area (Å²) in [5.41, 5.74) is 7.17. The zero-order chi connectivity index (χ0) is 20.4. The van der Waals surface area contributed by atoms with Crippen molar-refractivity contribution in [2.75, 3.05) is 45.4 Å². The summed E-state index contributed by atoms with van der Waals surface area (Å²) < 4.78 is 10.9. The molecular formula is C20H23Cl3N4O3. The third-order valence-corrected chi connectivity index (χ3v) is 5.49. The largest absolute Gasteiger partial charge is 0.454 e. The van der Waals surface area contributed by atoms with Crippen LogP contribution in [0.25, 0.3) is 0 Å². The lowest BCUT2D eigenvalue weighted by atomic mass is 10.0. The van der Waals surface area contributed by atoms with E-state index in [1.807, 2.05) is 18.2 Å². The molecular weight excluding hydrogens is 451 g/mol. The van der Waals surface area contributed by atoms with Gasteiger partial charge in [0.05, 0.1) is 5.69 Å². The Balaban J connectivity index is 0.00000256. The van der Waals surface area contributed by atoms with Gasteiger partial charge in [0.15, 0.2) is 11.5 Å². The summed E-state index contributed by atoms with van der Waals surface area (Å²) in [6.45, 7) is 3.55. The van der Waals surface area contributed by atoms with Gasteiger partial charge in [-0.2, -0.15) is 0 Å². The number of ether oxygens (including phenoxy) is 2. The van der Waals surface area contributed by atoms with Gasteiger partial charge in [0.2, 0.25) is 6.79 Å². The Morgan fingerprint density at radius 1 is 1.00 bits per heavy atom. The molecule has 0 saturated carbocycles. The SMILES string of the molecule is CN1CCN(C(C(=O)NNc2cc(Cl)cc(Cl)c2)c2ccc3c(c2)OCO3)CC1.Cl. The van der Waals surface area contributed by atoms with Gasteiger partial charge in [-0.3, -0.25) is 20.5 Å². The first-order chi connectivity index (χ1) is 14.0. The number of carbonyl (C=O) groups excluding carboxylic acids is 1. The maximum atomic E-state index is 13.2. The molecule has 2 aromatic carbocycles. The smallest absolute Gasteiger partial charge is 0.260 e. The van der Waals surface area contributed by atoms with Gasteiger partial charge in [0.1, 0.15) is 6.04 Å². The number of hydrogen-bond acceptors (Lipinski definition) is 6. The number of likely N-dealkylation sites (N-methyl/N-ethyl adjacent to an activating group) is 1. The Kier molecular flexibility index (Phi) is 7.55. The number of nitrogens with zero attached hydrogens (tertiary/aromatic N) is 2. The van der Waals surface area contributed by atoms with E-state index in [2.05, 4.69) is 27.7 Å². The Bertz CT molecular complexity index is 887. The fraction of sp³-hybridized carbons (Fsp3) is 0.350. The second kappa shape index (κ2) is 9.94. The van der Waals surface area contributed by atoms with E-state index >= 15 is 0 Å². The molecule has 4 rings (SSSR count). The molecule has 10 heteroatoms. The number of amides is 1. The van der Waals surface area contributed by atoms with Crippen LogP contribution < -0.4 is 20.3 Å². The van der Waals surface area contributed by atoms with Crippen molar-refractivity contribution in [2.24, 2.45) is 0 Å². The first-order valence-electron chi connectivity index (χ1n) is 9.34. The minimum absolute atomic E-state index is 0. The average molecular weight is 474 g/mol. The van der Waals surface area contributed by atoms with Crippen LogP contribution in [0.15, 0.2) is 36.4 Å². The molecule has 1 fully saturated rings. The van der Waals surface area contributed by atoms with E-state index in [-0.39, 0.29) is 25.1 Å². The molecule has 0 spiro atoms. The number of rotatable bonds is 5. The third-order valence-electron chi connectivity index (χ3n) is 5.06. The zero-order valence-corrected chi connectivity index (χ0v) is 18.7. The lowest BCUT2D eigenvalue weighted by Gasteiger charge is -2.37. The van der Waals surface area contributed by atoms with Crippen LogP contribution in [0, 0.1) is 0 Å². The van der Waals surface area contributed by atoms with Gasteiger partial charge >= 0.3 is 0 Å². The Hall–Kier alpha value is -1.90. The Morgan fingerprint density at radius 3 is 2.37 bits per heavy atom. The molecule has 2 N–H and O–H groups in total.